The second kappa shape index (κ2) is 19.0. The molecule has 11 nitrogen and oxygen atoms in total. The highest BCUT2D eigenvalue weighted by Crippen LogP contribution is 2.60. The monoisotopic (exact) mass is 759 g/mol. The van der Waals surface area contributed by atoms with Crippen molar-refractivity contribution >= 4 is 39.6 Å². The third-order valence-corrected chi connectivity index (χ3v) is 10.9. The molecule has 2 bridgehead atoms. The van der Waals surface area contributed by atoms with Gasteiger partial charge in [0, 0.05) is 44.6 Å². The minimum Gasteiger partial charge on any atom is -0.455 e. The van der Waals surface area contributed by atoms with Gasteiger partial charge in [-0.3, -0.25) is 19.2 Å². The van der Waals surface area contributed by atoms with E-state index in [4.69, 9.17) is 14.2 Å². The van der Waals surface area contributed by atoms with Gasteiger partial charge in [0.15, 0.2) is 0 Å². The number of hydrogen-bond donors (Lipinski definition) is 2. The van der Waals surface area contributed by atoms with Crippen LogP contribution >= 0.6 is 15.9 Å². The maximum absolute atomic E-state index is 14.6. The van der Waals surface area contributed by atoms with Crippen LogP contribution in [0.25, 0.3) is 0 Å². The number of amides is 3. The van der Waals surface area contributed by atoms with E-state index in [1.165, 1.54) is 7.11 Å². The Labute approximate surface area is 304 Å². The first-order valence-electron chi connectivity index (χ1n) is 18.0. The van der Waals surface area contributed by atoms with Crippen LogP contribution in [-0.2, 0) is 33.4 Å². The number of allylic oxidation sites excluding steroid dienone is 1. The molecule has 3 aliphatic rings. The summed E-state index contributed by atoms with van der Waals surface area (Å²) in [5.41, 5.74) is -0.574. The summed E-state index contributed by atoms with van der Waals surface area (Å²) in [7, 11) is 1.51. The molecule has 1 spiro atoms. The first-order chi connectivity index (χ1) is 24.2. The zero-order valence-electron chi connectivity index (χ0n) is 29.5. The number of aliphatic hydroxyl groups is 1. The molecule has 4 rings (SSSR count). The minimum absolute atomic E-state index is 0.0404. The number of nitrogens with one attached hydrogen (secondary N) is 1. The average Bonchev–Trinajstić information content (AvgIpc) is 3.70. The largest absolute Gasteiger partial charge is 0.455 e. The molecule has 1 aromatic rings. The number of halogens is 1. The van der Waals surface area contributed by atoms with Crippen LogP contribution in [0.3, 0.4) is 0 Å². The molecule has 1 unspecified atom stereocenters. The predicted octanol–water partition coefficient (Wildman–Crippen LogP) is 4.48. The van der Waals surface area contributed by atoms with Crippen LogP contribution < -0.4 is 5.32 Å². The number of rotatable bonds is 22. The Morgan fingerprint density at radius 3 is 2.58 bits per heavy atom. The number of aliphatic hydroxyl groups excluding tert-OH is 1. The molecule has 3 fully saturated rings. The van der Waals surface area contributed by atoms with Crippen molar-refractivity contribution in [2.45, 2.75) is 99.4 Å². The molecule has 2 N–H and O–H groups in total. The topological polar surface area (TPSA) is 135 Å². The Kier molecular flexibility index (Phi) is 15.1. The third kappa shape index (κ3) is 8.69. The van der Waals surface area contributed by atoms with Crippen LogP contribution in [0.15, 0.2) is 55.6 Å². The van der Waals surface area contributed by atoms with Gasteiger partial charge in [0.25, 0.3) is 0 Å². The van der Waals surface area contributed by atoms with E-state index in [2.05, 4.69) is 41.3 Å². The lowest BCUT2D eigenvalue weighted by Gasteiger charge is -2.37. The smallest absolute Gasteiger partial charge is 0.313 e. The molecular weight excluding hydrogens is 706 g/mol. The van der Waals surface area contributed by atoms with Gasteiger partial charge in [-0.05, 0) is 44.1 Å². The van der Waals surface area contributed by atoms with Crippen molar-refractivity contribution in [3.05, 3.63) is 61.2 Å². The van der Waals surface area contributed by atoms with Gasteiger partial charge in [-0.2, -0.15) is 0 Å². The zero-order valence-corrected chi connectivity index (χ0v) is 31.1. The SMILES string of the molecule is C=CCCC(=O)N[C@H](COC)[C@H](OC(=O)[C@@H]1[C@H]2O[C@@]3(CC2Br)[C@H](C(=O)N(CC=C)CCCCC)N(CCCCCO)C(=O)[C@@H]13)c1ccccc1. The molecule has 3 amide bonds. The maximum Gasteiger partial charge on any atom is 0.313 e. The molecule has 0 aliphatic carbocycles. The third-order valence-electron chi connectivity index (χ3n) is 10.0. The molecule has 50 heavy (non-hydrogen) atoms. The van der Waals surface area contributed by atoms with Crippen LogP contribution in [0.2, 0.25) is 0 Å². The maximum atomic E-state index is 14.6. The molecule has 8 atom stereocenters. The summed E-state index contributed by atoms with van der Waals surface area (Å²) in [6.45, 7) is 10.9. The van der Waals surface area contributed by atoms with E-state index in [0.29, 0.717) is 57.3 Å². The number of fused-ring (bicyclic) bond motifs is 1. The quantitative estimate of drug-likeness (QED) is 0.0766. The van der Waals surface area contributed by atoms with E-state index in [9.17, 15) is 24.3 Å². The molecule has 0 radical (unpaired) electrons. The lowest BCUT2D eigenvalue weighted by atomic mass is 9.70. The molecule has 3 saturated heterocycles. The number of nitrogens with zero attached hydrogens (tertiary/aromatic N) is 2. The van der Waals surface area contributed by atoms with E-state index in [1.807, 2.05) is 30.3 Å². The Bertz CT molecular complexity index is 1330. The number of unbranched alkanes of at least 4 members (excludes halogenated alkanes) is 4. The van der Waals surface area contributed by atoms with Crippen LogP contribution in [-0.4, -0.2) is 107 Å². The highest BCUT2D eigenvalue weighted by Gasteiger charge is 2.77. The van der Waals surface area contributed by atoms with Crippen LogP contribution in [0.5, 0.6) is 0 Å². The molecule has 12 heteroatoms. The lowest BCUT2D eigenvalue weighted by molar-refractivity contribution is -0.163. The lowest BCUT2D eigenvalue weighted by Crippen LogP contribution is -2.57. The summed E-state index contributed by atoms with van der Waals surface area (Å²) < 4.78 is 18.5. The Hall–Kier alpha value is -3.06. The number of carbonyl (C=O) groups is 4. The minimum atomic E-state index is -1.23. The van der Waals surface area contributed by atoms with Gasteiger partial charge in [0.1, 0.15) is 17.7 Å². The summed E-state index contributed by atoms with van der Waals surface area (Å²) in [6.07, 6.45) is 7.44. The van der Waals surface area contributed by atoms with Gasteiger partial charge < -0.3 is 34.4 Å². The highest BCUT2D eigenvalue weighted by molar-refractivity contribution is 9.09. The zero-order chi connectivity index (χ0) is 36.3. The first-order valence-corrected chi connectivity index (χ1v) is 18.9. The molecule has 3 aliphatic heterocycles. The normalized spacial score (nSPS) is 26.3. The highest BCUT2D eigenvalue weighted by atomic mass is 79.9. The average molecular weight is 761 g/mol. The van der Waals surface area contributed by atoms with Gasteiger partial charge in [-0.15, -0.1) is 13.2 Å². The van der Waals surface area contributed by atoms with Crippen LogP contribution in [0, 0.1) is 11.8 Å². The summed E-state index contributed by atoms with van der Waals surface area (Å²) in [4.78, 5) is 59.5. The number of benzene rings is 1. The fourth-order valence-electron chi connectivity index (χ4n) is 7.79. The van der Waals surface area contributed by atoms with Crippen LogP contribution in [0.4, 0.5) is 0 Å². The summed E-state index contributed by atoms with van der Waals surface area (Å²) in [5.74, 6) is -3.30. The number of likely N-dealkylation sites (tertiary alicyclic amines) is 1. The van der Waals surface area contributed by atoms with Crippen molar-refractivity contribution in [3.8, 4) is 0 Å². The summed E-state index contributed by atoms with van der Waals surface area (Å²) in [6, 6.07) is 7.49. The first kappa shape index (κ1) is 39.7. The fourth-order valence-corrected chi connectivity index (χ4v) is 8.73. The van der Waals surface area contributed by atoms with Crippen molar-refractivity contribution in [3.63, 3.8) is 0 Å². The fraction of sp³-hybridized carbons (Fsp3) is 0.632. The number of esters is 1. The van der Waals surface area contributed by atoms with Gasteiger partial charge in [-0.1, -0.05) is 78.2 Å². The number of hydrogen-bond acceptors (Lipinski definition) is 8. The van der Waals surface area contributed by atoms with E-state index in [-0.39, 0.29) is 42.2 Å². The van der Waals surface area contributed by atoms with Crippen molar-refractivity contribution in [1.29, 1.82) is 0 Å². The molecule has 1 aromatic carbocycles. The number of carbonyl (C=O) groups excluding carboxylic acids is 4. The van der Waals surface area contributed by atoms with Crippen molar-refractivity contribution in [1.82, 2.24) is 15.1 Å². The van der Waals surface area contributed by atoms with Gasteiger partial charge in [0.2, 0.25) is 17.7 Å². The van der Waals surface area contributed by atoms with E-state index in [1.54, 1.807) is 22.0 Å². The molecule has 0 saturated carbocycles. The number of ether oxygens (including phenoxy) is 3. The van der Waals surface area contributed by atoms with Crippen LogP contribution in [0.1, 0.15) is 76.4 Å². The Morgan fingerprint density at radius 2 is 1.92 bits per heavy atom. The van der Waals surface area contributed by atoms with Gasteiger partial charge in [-0.25, -0.2) is 0 Å². The second-order valence-corrected chi connectivity index (χ2v) is 14.7. The Balaban J connectivity index is 1.69. The molecular formula is C38H54BrN3O8. The molecule has 3 heterocycles. The van der Waals surface area contributed by atoms with Crippen molar-refractivity contribution < 1.29 is 38.5 Å². The van der Waals surface area contributed by atoms with E-state index >= 15 is 0 Å². The molecule has 276 valence electrons. The van der Waals surface area contributed by atoms with Gasteiger partial charge in [0.05, 0.1) is 30.6 Å². The van der Waals surface area contributed by atoms with Gasteiger partial charge >= 0.3 is 5.97 Å². The summed E-state index contributed by atoms with van der Waals surface area (Å²) >= 11 is 3.75. The summed E-state index contributed by atoms with van der Waals surface area (Å²) in [5, 5.41) is 12.3. The standard InChI is InChI=1S/C38H54BrN3O8/c1-5-8-14-21-41(20-7-3)36(46)34-38-24-27(39)33(50-38)30(31(38)35(45)42(34)22-15-11-16-23-43)37(47)49-32(26-17-12-10-13-18-26)28(25-48-4)40-29(44)19-9-6-2/h6-7,10,12-13,17-18,27-28,30-34,43H,2-3,5,8-9,11,14-16,19-25H2,1,4H3,(H,40,44)/t27?,28-,30+,31-,32-,33+,34+,38-/m1/s1. The predicted molar refractivity (Wildman–Crippen MR) is 193 cm³/mol. The second-order valence-electron chi connectivity index (χ2n) is 13.5. The van der Waals surface area contributed by atoms with Crippen molar-refractivity contribution in [2.75, 3.05) is 40.0 Å². The number of methoxy groups -OCH3 is 1. The molecule has 0 aromatic heterocycles. The van der Waals surface area contributed by atoms with Crippen molar-refractivity contribution in [2.24, 2.45) is 11.8 Å². The number of alkyl halides is 1. The van der Waals surface area contributed by atoms with E-state index < -0.39 is 47.7 Å². The van der Waals surface area contributed by atoms with E-state index in [0.717, 1.165) is 19.3 Å². The Morgan fingerprint density at radius 1 is 1.16 bits per heavy atom.